The molecule has 0 bridgehead atoms. The SMILES string of the molecule is O=C(CCOc1cc(Cl)ccc1Cl)Nc1ccc(-n2cnnn2)cc1. The summed E-state index contributed by atoms with van der Waals surface area (Å²) in [6, 6.07) is 12.1. The number of carbonyl (C=O) groups excluding carboxylic acids is 1. The summed E-state index contributed by atoms with van der Waals surface area (Å²) < 4.78 is 7.01. The van der Waals surface area contributed by atoms with Crippen LogP contribution in [0.3, 0.4) is 0 Å². The lowest BCUT2D eigenvalue weighted by Gasteiger charge is -2.09. The summed E-state index contributed by atoms with van der Waals surface area (Å²) in [5.41, 5.74) is 1.46. The molecule has 25 heavy (non-hydrogen) atoms. The van der Waals surface area contributed by atoms with E-state index >= 15 is 0 Å². The quantitative estimate of drug-likeness (QED) is 0.711. The molecule has 3 aromatic rings. The predicted octanol–water partition coefficient (Wildman–Crippen LogP) is 3.38. The number of hydrogen-bond donors (Lipinski definition) is 1. The lowest BCUT2D eigenvalue weighted by molar-refractivity contribution is -0.116. The number of nitrogens with one attached hydrogen (secondary N) is 1. The van der Waals surface area contributed by atoms with Gasteiger partial charge >= 0.3 is 0 Å². The summed E-state index contributed by atoms with van der Waals surface area (Å²) in [4.78, 5) is 12.0. The second-order valence-electron chi connectivity index (χ2n) is 5.02. The van der Waals surface area contributed by atoms with E-state index in [1.165, 1.54) is 11.0 Å². The molecule has 3 rings (SSSR count). The minimum Gasteiger partial charge on any atom is -0.491 e. The molecule has 0 aliphatic carbocycles. The summed E-state index contributed by atoms with van der Waals surface area (Å²) in [5, 5.41) is 14.7. The Labute approximate surface area is 153 Å². The van der Waals surface area contributed by atoms with E-state index in [9.17, 15) is 4.79 Å². The molecule has 0 fully saturated rings. The van der Waals surface area contributed by atoms with E-state index in [1.54, 1.807) is 42.5 Å². The molecule has 2 aromatic carbocycles. The van der Waals surface area contributed by atoms with Crippen LogP contribution in [0, 0.1) is 0 Å². The first-order valence-electron chi connectivity index (χ1n) is 7.33. The van der Waals surface area contributed by atoms with Gasteiger partial charge in [0, 0.05) is 16.8 Å². The van der Waals surface area contributed by atoms with Crippen molar-refractivity contribution in [1.82, 2.24) is 20.2 Å². The molecular formula is C16H13Cl2N5O2. The van der Waals surface area contributed by atoms with Gasteiger partial charge in [0.25, 0.3) is 0 Å². The van der Waals surface area contributed by atoms with Crippen LogP contribution in [0.4, 0.5) is 5.69 Å². The van der Waals surface area contributed by atoms with Crippen LogP contribution in [0.2, 0.25) is 10.0 Å². The van der Waals surface area contributed by atoms with E-state index in [0.717, 1.165) is 5.69 Å². The van der Waals surface area contributed by atoms with E-state index < -0.39 is 0 Å². The van der Waals surface area contributed by atoms with Crippen molar-refractivity contribution in [3.8, 4) is 11.4 Å². The minimum atomic E-state index is -0.173. The smallest absolute Gasteiger partial charge is 0.227 e. The normalized spacial score (nSPS) is 10.5. The molecule has 0 unspecified atom stereocenters. The van der Waals surface area contributed by atoms with Gasteiger partial charge < -0.3 is 10.1 Å². The maximum absolute atomic E-state index is 12.0. The Morgan fingerprint density at radius 2 is 1.96 bits per heavy atom. The number of ether oxygens (including phenoxy) is 1. The highest BCUT2D eigenvalue weighted by Gasteiger charge is 2.06. The third kappa shape index (κ3) is 4.68. The van der Waals surface area contributed by atoms with E-state index in [0.29, 0.717) is 21.5 Å². The van der Waals surface area contributed by atoms with Crippen molar-refractivity contribution < 1.29 is 9.53 Å². The second-order valence-corrected chi connectivity index (χ2v) is 5.87. The molecule has 0 spiro atoms. The summed E-state index contributed by atoms with van der Waals surface area (Å²) in [5.74, 6) is 0.279. The minimum absolute atomic E-state index is 0.173. The van der Waals surface area contributed by atoms with Crippen LogP contribution in [0.25, 0.3) is 5.69 Å². The maximum atomic E-state index is 12.0. The van der Waals surface area contributed by atoms with Crippen molar-refractivity contribution in [2.45, 2.75) is 6.42 Å². The Hall–Kier alpha value is -2.64. The zero-order valence-electron chi connectivity index (χ0n) is 12.9. The van der Waals surface area contributed by atoms with Gasteiger partial charge in [-0.05, 0) is 46.8 Å². The van der Waals surface area contributed by atoms with Crippen LogP contribution in [0.1, 0.15) is 6.42 Å². The fourth-order valence-electron chi connectivity index (χ4n) is 2.04. The highest BCUT2D eigenvalue weighted by atomic mass is 35.5. The number of hydrogen-bond acceptors (Lipinski definition) is 5. The third-order valence-electron chi connectivity index (χ3n) is 3.24. The van der Waals surface area contributed by atoms with Gasteiger partial charge in [0.05, 0.1) is 23.7 Å². The van der Waals surface area contributed by atoms with Gasteiger partial charge in [0.2, 0.25) is 5.91 Å². The van der Waals surface area contributed by atoms with Crippen LogP contribution in [0.5, 0.6) is 5.75 Å². The second kappa shape index (κ2) is 7.96. The van der Waals surface area contributed by atoms with Crippen LogP contribution in [-0.4, -0.2) is 32.7 Å². The Morgan fingerprint density at radius 1 is 1.16 bits per heavy atom. The van der Waals surface area contributed by atoms with Crippen molar-refractivity contribution in [1.29, 1.82) is 0 Å². The van der Waals surface area contributed by atoms with Gasteiger partial charge in [-0.25, -0.2) is 4.68 Å². The number of anilines is 1. The number of halogens is 2. The number of benzene rings is 2. The molecule has 7 nitrogen and oxygen atoms in total. The highest BCUT2D eigenvalue weighted by molar-refractivity contribution is 6.34. The highest BCUT2D eigenvalue weighted by Crippen LogP contribution is 2.27. The van der Waals surface area contributed by atoms with Crippen molar-refractivity contribution in [3.63, 3.8) is 0 Å². The molecule has 0 saturated carbocycles. The molecule has 0 atom stereocenters. The average Bonchev–Trinajstić information content (AvgIpc) is 3.13. The fourth-order valence-corrected chi connectivity index (χ4v) is 2.38. The van der Waals surface area contributed by atoms with Gasteiger partial charge in [-0.1, -0.05) is 23.2 Å². The van der Waals surface area contributed by atoms with Gasteiger partial charge in [-0.15, -0.1) is 5.10 Å². The molecule has 1 heterocycles. The molecule has 1 aromatic heterocycles. The van der Waals surface area contributed by atoms with Crippen molar-refractivity contribution in [3.05, 3.63) is 58.8 Å². The van der Waals surface area contributed by atoms with Crippen LogP contribution < -0.4 is 10.1 Å². The van der Waals surface area contributed by atoms with Crippen LogP contribution >= 0.6 is 23.2 Å². The first kappa shape index (κ1) is 17.2. The number of nitrogens with zero attached hydrogens (tertiary/aromatic N) is 4. The number of carbonyl (C=O) groups is 1. The zero-order chi connectivity index (χ0) is 17.6. The van der Waals surface area contributed by atoms with E-state index in [-0.39, 0.29) is 18.9 Å². The summed E-state index contributed by atoms with van der Waals surface area (Å²) in [6.45, 7) is 0.189. The predicted molar refractivity (Wildman–Crippen MR) is 94.4 cm³/mol. The van der Waals surface area contributed by atoms with Crippen molar-refractivity contribution in [2.75, 3.05) is 11.9 Å². The summed E-state index contributed by atoms with van der Waals surface area (Å²) in [6.07, 6.45) is 1.67. The molecule has 1 amide bonds. The maximum Gasteiger partial charge on any atom is 0.227 e. The molecule has 9 heteroatoms. The molecule has 128 valence electrons. The summed E-state index contributed by atoms with van der Waals surface area (Å²) in [7, 11) is 0. The Bertz CT molecular complexity index is 853. The van der Waals surface area contributed by atoms with Gasteiger partial charge in [0.1, 0.15) is 12.1 Å². The van der Waals surface area contributed by atoms with E-state index in [1.807, 2.05) is 0 Å². The topological polar surface area (TPSA) is 81.9 Å². The first-order valence-corrected chi connectivity index (χ1v) is 8.08. The molecule has 0 saturated heterocycles. The van der Waals surface area contributed by atoms with E-state index in [4.69, 9.17) is 27.9 Å². The third-order valence-corrected chi connectivity index (χ3v) is 3.79. The first-order chi connectivity index (χ1) is 12.1. The van der Waals surface area contributed by atoms with Crippen molar-refractivity contribution in [2.24, 2.45) is 0 Å². The van der Waals surface area contributed by atoms with Crippen LogP contribution in [-0.2, 0) is 4.79 Å². The molecule has 0 aliphatic rings. The zero-order valence-corrected chi connectivity index (χ0v) is 14.4. The largest absolute Gasteiger partial charge is 0.491 e. The molecule has 0 radical (unpaired) electrons. The van der Waals surface area contributed by atoms with Crippen LogP contribution in [0.15, 0.2) is 48.8 Å². The Morgan fingerprint density at radius 3 is 2.68 bits per heavy atom. The molecule has 0 aliphatic heterocycles. The van der Waals surface area contributed by atoms with Gasteiger partial charge in [-0.3, -0.25) is 4.79 Å². The number of rotatable bonds is 6. The Balaban J connectivity index is 1.50. The monoisotopic (exact) mass is 377 g/mol. The van der Waals surface area contributed by atoms with Crippen molar-refractivity contribution >= 4 is 34.8 Å². The molecular weight excluding hydrogens is 365 g/mol. The standard InChI is InChI=1S/C16H13Cl2N5O2/c17-11-1-6-14(18)15(9-11)25-8-7-16(24)20-12-2-4-13(5-3-12)23-10-19-21-22-23/h1-6,9-10H,7-8H2,(H,20,24). The number of aromatic nitrogens is 4. The van der Waals surface area contributed by atoms with Gasteiger partial charge in [0.15, 0.2) is 0 Å². The lowest BCUT2D eigenvalue weighted by Crippen LogP contribution is -2.15. The molecule has 1 N–H and O–H groups in total. The van der Waals surface area contributed by atoms with E-state index in [2.05, 4.69) is 20.8 Å². The fraction of sp³-hybridized carbons (Fsp3) is 0.125. The average molecular weight is 378 g/mol. The number of amides is 1. The summed E-state index contributed by atoms with van der Waals surface area (Å²) >= 11 is 11.9. The van der Waals surface area contributed by atoms with Gasteiger partial charge in [-0.2, -0.15) is 0 Å². The lowest BCUT2D eigenvalue weighted by atomic mass is 10.2. The number of tetrazole rings is 1. The Kier molecular flexibility index (Phi) is 5.47.